The van der Waals surface area contributed by atoms with Crippen molar-refractivity contribution in [3.05, 3.63) is 0 Å². The molecule has 39 valence electrons. The first kappa shape index (κ1) is 9.70. The van der Waals surface area contributed by atoms with E-state index in [4.69, 9.17) is 5.11 Å². The van der Waals surface area contributed by atoms with E-state index in [2.05, 4.69) is 6.92 Å². The summed E-state index contributed by atoms with van der Waals surface area (Å²) in [7, 11) is 0. The number of rotatable bonds is 2. The standard InChI is InChI=1S/C4H10O.Mn/c1-2-3-4-5;/h5H,2-4H2,1H3;. The summed E-state index contributed by atoms with van der Waals surface area (Å²) >= 11 is 0. The van der Waals surface area contributed by atoms with Crippen molar-refractivity contribution in [1.29, 1.82) is 0 Å². The second-order valence-electron chi connectivity index (χ2n) is 1.08. The Balaban J connectivity index is 0. The molecule has 0 aromatic rings. The Kier molecular flexibility index (Phi) is 14.7. The van der Waals surface area contributed by atoms with Gasteiger partial charge in [-0.25, -0.2) is 0 Å². The molecule has 0 heterocycles. The predicted octanol–water partition coefficient (Wildman–Crippen LogP) is 0.776. The molecule has 0 amide bonds. The maximum atomic E-state index is 8.07. The van der Waals surface area contributed by atoms with E-state index in [0.717, 1.165) is 12.8 Å². The average Bonchev–Trinajstić information content (AvgIpc) is 1.41. The van der Waals surface area contributed by atoms with Crippen molar-refractivity contribution in [1.82, 2.24) is 0 Å². The van der Waals surface area contributed by atoms with Crippen molar-refractivity contribution in [2.45, 2.75) is 19.8 Å². The Morgan fingerprint density at radius 3 is 2.00 bits per heavy atom. The van der Waals surface area contributed by atoms with Gasteiger partial charge in [-0.2, -0.15) is 0 Å². The van der Waals surface area contributed by atoms with Gasteiger partial charge in [-0.1, -0.05) is 13.3 Å². The second-order valence-corrected chi connectivity index (χ2v) is 1.08. The Hall–Kier alpha value is 0.479. The second kappa shape index (κ2) is 9.08. The molecule has 0 bridgehead atoms. The van der Waals surface area contributed by atoms with Gasteiger partial charge in [-0.05, 0) is 6.42 Å². The monoisotopic (exact) mass is 129 g/mol. The average molecular weight is 129 g/mol. The molecule has 0 aliphatic carbocycles. The number of aliphatic hydroxyl groups is 1. The number of hydrogen-bond acceptors (Lipinski definition) is 1. The zero-order valence-electron chi connectivity index (χ0n) is 3.95. The van der Waals surface area contributed by atoms with Gasteiger partial charge in [0.2, 0.25) is 0 Å². The summed E-state index contributed by atoms with van der Waals surface area (Å²) in [5.74, 6) is 0. The smallest absolute Gasteiger partial charge is 0.0430 e. The van der Waals surface area contributed by atoms with Crippen molar-refractivity contribution < 1.29 is 22.2 Å². The molecule has 0 rings (SSSR count). The molecule has 0 fully saturated rings. The molecule has 0 unspecified atom stereocenters. The Morgan fingerprint density at radius 2 is 2.00 bits per heavy atom. The van der Waals surface area contributed by atoms with Crippen LogP contribution >= 0.6 is 0 Å². The minimum absolute atomic E-state index is 0. The Bertz CT molecular complexity index is 15.0. The van der Waals surface area contributed by atoms with Gasteiger partial charge in [0.25, 0.3) is 0 Å². The maximum Gasteiger partial charge on any atom is 0.0430 e. The van der Waals surface area contributed by atoms with Gasteiger partial charge in [0.1, 0.15) is 0 Å². The first-order valence-corrected chi connectivity index (χ1v) is 2.02. The molecule has 0 saturated carbocycles. The third-order valence-corrected chi connectivity index (χ3v) is 0.512. The molecule has 1 N–H and O–H groups in total. The van der Waals surface area contributed by atoms with Gasteiger partial charge >= 0.3 is 0 Å². The maximum absolute atomic E-state index is 8.07. The molecule has 0 aromatic carbocycles. The fourth-order valence-corrected chi connectivity index (χ4v) is 0.158. The molecule has 0 aromatic heterocycles. The fourth-order valence-electron chi connectivity index (χ4n) is 0.158. The quantitative estimate of drug-likeness (QED) is 0.546. The van der Waals surface area contributed by atoms with Crippen LogP contribution in [0.5, 0.6) is 0 Å². The largest absolute Gasteiger partial charge is 0.396 e. The van der Waals surface area contributed by atoms with Crippen molar-refractivity contribution in [2.24, 2.45) is 0 Å². The van der Waals surface area contributed by atoms with E-state index in [-0.39, 0.29) is 17.1 Å². The summed E-state index contributed by atoms with van der Waals surface area (Å²) in [6.07, 6.45) is 2.04. The molecule has 0 aliphatic heterocycles. The third-order valence-electron chi connectivity index (χ3n) is 0.512. The van der Waals surface area contributed by atoms with Crippen LogP contribution in [0.4, 0.5) is 0 Å². The molecule has 0 spiro atoms. The molecular formula is C4H10MnO. The molecule has 0 saturated heterocycles. The van der Waals surface area contributed by atoms with Crippen molar-refractivity contribution in [2.75, 3.05) is 6.61 Å². The summed E-state index contributed by atoms with van der Waals surface area (Å²) < 4.78 is 0. The van der Waals surface area contributed by atoms with Crippen LogP contribution in [0.15, 0.2) is 0 Å². The van der Waals surface area contributed by atoms with Crippen LogP contribution in [0, 0.1) is 0 Å². The van der Waals surface area contributed by atoms with Gasteiger partial charge in [0, 0.05) is 23.7 Å². The fraction of sp³-hybridized carbons (Fsp3) is 1.00. The molecule has 1 radical (unpaired) electrons. The topological polar surface area (TPSA) is 20.2 Å². The van der Waals surface area contributed by atoms with Crippen LogP contribution in [0.3, 0.4) is 0 Å². The number of unbranched alkanes of at least 4 members (excludes halogenated alkanes) is 1. The van der Waals surface area contributed by atoms with E-state index in [0.29, 0.717) is 6.61 Å². The van der Waals surface area contributed by atoms with Gasteiger partial charge in [-0.3, -0.25) is 0 Å². The van der Waals surface area contributed by atoms with Crippen molar-refractivity contribution in [3.63, 3.8) is 0 Å². The molecule has 0 atom stereocenters. The summed E-state index contributed by atoms with van der Waals surface area (Å²) in [4.78, 5) is 0. The third kappa shape index (κ3) is 8.82. The molecular weight excluding hydrogens is 119 g/mol. The summed E-state index contributed by atoms with van der Waals surface area (Å²) in [5.41, 5.74) is 0. The van der Waals surface area contributed by atoms with Crippen molar-refractivity contribution >= 4 is 0 Å². The van der Waals surface area contributed by atoms with E-state index in [1.165, 1.54) is 0 Å². The van der Waals surface area contributed by atoms with Crippen LogP contribution in [0.1, 0.15) is 19.8 Å². The van der Waals surface area contributed by atoms with Crippen LogP contribution in [-0.4, -0.2) is 11.7 Å². The van der Waals surface area contributed by atoms with Gasteiger partial charge in [-0.15, -0.1) is 0 Å². The van der Waals surface area contributed by atoms with E-state index in [1.807, 2.05) is 0 Å². The van der Waals surface area contributed by atoms with E-state index >= 15 is 0 Å². The summed E-state index contributed by atoms with van der Waals surface area (Å²) in [6, 6.07) is 0. The van der Waals surface area contributed by atoms with Gasteiger partial charge < -0.3 is 5.11 Å². The minimum atomic E-state index is 0. The summed E-state index contributed by atoms with van der Waals surface area (Å²) in [6.45, 7) is 2.40. The van der Waals surface area contributed by atoms with Crippen LogP contribution in [0.2, 0.25) is 0 Å². The first-order valence-electron chi connectivity index (χ1n) is 2.02. The summed E-state index contributed by atoms with van der Waals surface area (Å²) in [5, 5.41) is 8.07. The normalized spacial score (nSPS) is 7.00. The minimum Gasteiger partial charge on any atom is -0.396 e. The van der Waals surface area contributed by atoms with E-state index in [1.54, 1.807) is 0 Å². The van der Waals surface area contributed by atoms with Crippen molar-refractivity contribution in [3.8, 4) is 0 Å². The SMILES string of the molecule is CCCCO.[Mn]. The first-order chi connectivity index (χ1) is 2.41. The van der Waals surface area contributed by atoms with E-state index in [9.17, 15) is 0 Å². The predicted molar refractivity (Wildman–Crippen MR) is 22.0 cm³/mol. The van der Waals surface area contributed by atoms with Crippen LogP contribution < -0.4 is 0 Å². The molecule has 0 aliphatic rings. The molecule has 1 nitrogen and oxygen atoms in total. The van der Waals surface area contributed by atoms with Crippen LogP contribution in [-0.2, 0) is 17.1 Å². The van der Waals surface area contributed by atoms with Gasteiger partial charge in [0.05, 0.1) is 0 Å². The zero-order valence-corrected chi connectivity index (χ0v) is 5.13. The van der Waals surface area contributed by atoms with Crippen LogP contribution in [0.25, 0.3) is 0 Å². The zero-order chi connectivity index (χ0) is 4.12. The number of hydrogen-bond donors (Lipinski definition) is 1. The Labute approximate surface area is 49.2 Å². The molecule has 6 heavy (non-hydrogen) atoms. The Morgan fingerprint density at radius 1 is 1.50 bits per heavy atom. The van der Waals surface area contributed by atoms with Gasteiger partial charge in [0.15, 0.2) is 0 Å². The number of aliphatic hydroxyl groups excluding tert-OH is 1. The van der Waals surface area contributed by atoms with E-state index < -0.39 is 0 Å². The molecule has 2 heteroatoms.